The van der Waals surface area contributed by atoms with E-state index in [4.69, 9.17) is 0 Å². The van der Waals surface area contributed by atoms with Crippen molar-refractivity contribution in [3.63, 3.8) is 0 Å². The summed E-state index contributed by atoms with van der Waals surface area (Å²) in [5.74, 6) is -0.637. The van der Waals surface area contributed by atoms with E-state index in [1.807, 2.05) is 36.4 Å². The first kappa shape index (κ1) is 11.6. The molecule has 0 unspecified atom stereocenters. The third-order valence-corrected chi connectivity index (χ3v) is 1.38. The summed E-state index contributed by atoms with van der Waals surface area (Å²) in [6.45, 7) is 2.95. The van der Waals surface area contributed by atoms with Crippen molar-refractivity contribution in [3.8, 4) is 0 Å². The van der Waals surface area contributed by atoms with Crippen molar-refractivity contribution >= 4 is 11.6 Å². The maximum atomic E-state index is 10.2. The van der Waals surface area contributed by atoms with Crippen LogP contribution < -0.4 is 0 Å². The Morgan fingerprint density at radius 2 is 1.23 bits per heavy atom. The van der Waals surface area contributed by atoms with E-state index in [-0.39, 0.29) is 11.6 Å². The first-order valence-corrected chi connectivity index (χ1v) is 4.22. The Labute approximate surface area is 78.6 Å². The fourth-order valence-corrected chi connectivity index (χ4v) is 0.634. The number of rotatable bonds is 2. The number of hydrogen-bond acceptors (Lipinski definition) is 2. The highest BCUT2D eigenvalue weighted by Gasteiger charge is 2.00. The van der Waals surface area contributed by atoms with E-state index in [9.17, 15) is 9.59 Å². The number of carbonyl (C=O) groups excluding carboxylic acids is 2. The summed E-state index contributed by atoms with van der Waals surface area (Å²) in [6, 6.07) is 12.0. The summed E-state index contributed by atoms with van der Waals surface area (Å²) in [5.41, 5.74) is 0. The zero-order valence-electron chi connectivity index (χ0n) is 7.99. The Balaban J connectivity index is 0.000000223. The van der Waals surface area contributed by atoms with Gasteiger partial charge in [0, 0.05) is 13.3 Å². The maximum Gasteiger partial charge on any atom is 0.197 e. The minimum atomic E-state index is -0.345. The Morgan fingerprint density at radius 3 is 1.31 bits per heavy atom. The van der Waals surface area contributed by atoms with E-state index in [2.05, 4.69) is 0 Å². The lowest BCUT2D eigenvalue weighted by Gasteiger charge is -1.81. The molecule has 2 nitrogen and oxygen atoms in total. The van der Waals surface area contributed by atoms with Crippen LogP contribution in [0.1, 0.15) is 20.3 Å². The molecule has 70 valence electrons. The predicted octanol–water partition coefficient (Wildman–Crippen LogP) is 2.24. The van der Waals surface area contributed by atoms with Gasteiger partial charge < -0.3 is 0 Å². The van der Waals surface area contributed by atoms with Gasteiger partial charge in [-0.25, -0.2) is 0 Å². The van der Waals surface area contributed by atoms with E-state index < -0.39 is 0 Å². The van der Waals surface area contributed by atoms with Gasteiger partial charge >= 0.3 is 0 Å². The van der Waals surface area contributed by atoms with Crippen molar-refractivity contribution in [2.24, 2.45) is 0 Å². The largest absolute Gasteiger partial charge is 0.291 e. The lowest BCUT2D eigenvalue weighted by Crippen LogP contribution is -2.06. The Morgan fingerprint density at radius 1 is 0.923 bits per heavy atom. The second-order valence-electron chi connectivity index (χ2n) is 2.49. The van der Waals surface area contributed by atoms with Crippen LogP contribution in [0, 0.1) is 0 Å². The van der Waals surface area contributed by atoms with Crippen molar-refractivity contribution < 1.29 is 9.59 Å². The summed E-state index contributed by atoms with van der Waals surface area (Å²) in [7, 11) is 0. The molecule has 13 heavy (non-hydrogen) atoms. The highest BCUT2D eigenvalue weighted by Crippen LogP contribution is 1.80. The van der Waals surface area contributed by atoms with Gasteiger partial charge in [0.05, 0.1) is 0 Å². The minimum Gasteiger partial charge on any atom is -0.291 e. The molecular formula is C11H14O2. The second-order valence-corrected chi connectivity index (χ2v) is 2.49. The molecule has 0 saturated heterocycles. The zero-order chi connectivity index (χ0) is 10.1. The molecule has 1 aromatic carbocycles. The van der Waals surface area contributed by atoms with Gasteiger partial charge in [-0.15, -0.1) is 0 Å². The topological polar surface area (TPSA) is 34.1 Å². The molecule has 0 spiro atoms. The molecule has 2 heteroatoms. The lowest BCUT2D eigenvalue weighted by molar-refractivity contribution is -0.135. The standard InChI is InChI=1S/C6H6.C5H8O2/c1-2-4-6-5-3-1;1-3-5(7)4(2)6/h1-6H;3H2,1-2H3. The molecule has 0 heterocycles. The monoisotopic (exact) mass is 178 g/mol. The first-order chi connectivity index (χ1) is 6.18. The molecule has 0 N–H and O–H groups in total. The van der Waals surface area contributed by atoms with Gasteiger partial charge in [0.15, 0.2) is 11.6 Å². The number of carbonyl (C=O) groups is 2. The van der Waals surface area contributed by atoms with E-state index in [1.165, 1.54) is 6.92 Å². The quantitative estimate of drug-likeness (QED) is 0.651. The molecule has 1 rings (SSSR count). The smallest absolute Gasteiger partial charge is 0.197 e. The van der Waals surface area contributed by atoms with Gasteiger partial charge in [-0.2, -0.15) is 0 Å². The summed E-state index contributed by atoms with van der Waals surface area (Å²) in [6.07, 6.45) is 0.329. The Kier molecular flexibility index (Phi) is 6.42. The van der Waals surface area contributed by atoms with Gasteiger partial charge in [0.25, 0.3) is 0 Å². The van der Waals surface area contributed by atoms with Gasteiger partial charge in [-0.05, 0) is 0 Å². The first-order valence-electron chi connectivity index (χ1n) is 4.22. The predicted molar refractivity (Wildman–Crippen MR) is 52.4 cm³/mol. The van der Waals surface area contributed by atoms with Gasteiger partial charge in [-0.1, -0.05) is 43.3 Å². The summed E-state index contributed by atoms with van der Waals surface area (Å²) < 4.78 is 0. The van der Waals surface area contributed by atoms with Crippen molar-refractivity contribution in [1.82, 2.24) is 0 Å². The molecule has 0 saturated carbocycles. The van der Waals surface area contributed by atoms with Crippen LogP contribution in [0.5, 0.6) is 0 Å². The number of benzene rings is 1. The average molecular weight is 178 g/mol. The molecule has 0 fully saturated rings. The number of ketones is 2. The van der Waals surface area contributed by atoms with Gasteiger partial charge in [0.2, 0.25) is 0 Å². The van der Waals surface area contributed by atoms with Crippen molar-refractivity contribution in [2.75, 3.05) is 0 Å². The highest BCUT2D eigenvalue weighted by molar-refractivity contribution is 6.36. The van der Waals surface area contributed by atoms with Gasteiger partial charge in [0.1, 0.15) is 0 Å². The van der Waals surface area contributed by atoms with Crippen molar-refractivity contribution in [2.45, 2.75) is 20.3 Å². The van der Waals surface area contributed by atoms with E-state index >= 15 is 0 Å². The molecule has 0 atom stereocenters. The maximum absolute atomic E-state index is 10.2. The van der Waals surface area contributed by atoms with Crippen LogP contribution in [0.2, 0.25) is 0 Å². The fraction of sp³-hybridized carbons (Fsp3) is 0.273. The van der Waals surface area contributed by atoms with Crippen molar-refractivity contribution in [1.29, 1.82) is 0 Å². The van der Waals surface area contributed by atoms with Crippen LogP contribution in [-0.4, -0.2) is 11.6 Å². The SMILES string of the molecule is CCC(=O)C(C)=O.c1ccccc1. The molecule has 0 radical (unpaired) electrons. The highest BCUT2D eigenvalue weighted by atomic mass is 16.2. The third-order valence-electron chi connectivity index (χ3n) is 1.38. The zero-order valence-corrected chi connectivity index (χ0v) is 7.99. The van der Waals surface area contributed by atoms with E-state index in [1.54, 1.807) is 6.92 Å². The van der Waals surface area contributed by atoms with Crippen LogP contribution in [0.4, 0.5) is 0 Å². The van der Waals surface area contributed by atoms with E-state index in [0.717, 1.165) is 0 Å². The molecule has 0 aromatic heterocycles. The molecule has 0 amide bonds. The molecule has 0 aliphatic rings. The molecule has 1 aromatic rings. The van der Waals surface area contributed by atoms with Crippen LogP contribution >= 0.6 is 0 Å². The summed E-state index contributed by atoms with van der Waals surface area (Å²) in [5, 5.41) is 0. The Hall–Kier alpha value is -1.44. The van der Waals surface area contributed by atoms with Crippen molar-refractivity contribution in [3.05, 3.63) is 36.4 Å². The molecule has 0 aliphatic carbocycles. The van der Waals surface area contributed by atoms with Crippen LogP contribution in [0.25, 0.3) is 0 Å². The number of hydrogen-bond donors (Lipinski definition) is 0. The molecular weight excluding hydrogens is 164 g/mol. The fourth-order valence-electron chi connectivity index (χ4n) is 0.634. The number of Topliss-reactive ketones (excluding diaryl/α,β-unsaturated/α-hetero) is 2. The molecule has 0 aliphatic heterocycles. The van der Waals surface area contributed by atoms with Crippen LogP contribution in [0.15, 0.2) is 36.4 Å². The summed E-state index contributed by atoms with van der Waals surface area (Å²) >= 11 is 0. The summed E-state index contributed by atoms with van der Waals surface area (Å²) in [4.78, 5) is 20.2. The normalized spacial score (nSPS) is 8.15. The van der Waals surface area contributed by atoms with E-state index in [0.29, 0.717) is 6.42 Å². The average Bonchev–Trinajstić information content (AvgIpc) is 2.20. The third kappa shape index (κ3) is 6.94. The van der Waals surface area contributed by atoms with Gasteiger partial charge in [-0.3, -0.25) is 9.59 Å². The Bertz CT molecular complexity index is 225. The lowest BCUT2D eigenvalue weighted by atomic mass is 10.2. The van der Waals surface area contributed by atoms with Crippen LogP contribution in [0.3, 0.4) is 0 Å². The molecule has 0 bridgehead atoms. The van der Waals surface area contributed by atoms with Crippen LogP contribution in [-0.2, 0) is 9.59 Å². The second kappa shape index (κ2) is 7.22. The minimum absolute atomic E-state index is 0.292.